The van der Waals surface area contributed by atoms with Gasteiger partial charge in [-0.15, -0.1) is 0 Å². The molecule has 1 aliphatic heterocycles. The SMILES string of the molecule is O=C(NCc1ccccc1)c1cc(NC2CCN(S(=O)(=O)C3CC3)CC2)ccn1. The van der Waals surface area contributed by atoms with Crippen LogP contribution in [0, 0.1) is 0 Å². The molecule has 2 aliphatic rings. The topological polar surface area (TPSA) is 91.4 Å². The van der Waals surface area contributed by atoms with E-state index in [1.165, 1.54) is 0 Å². The number of nitrogens with one attached hydrogen (secondary N) is 2. The van der Waals surface area contributed by atoms with Gasteiger partial charge in [0.25, 0.3) is 5.91 Å². The van der Waals surface area contributed by atoms with Crippen LogP contribution in [0.2, 0.25) is 0 Å². The minimum absolute atomic E-state index is 0.149. The fourth-order valence-corrected chi connectivity index (χ4v) is 5.45. The fourth-order valence-electron chi connectivity index (χ4n) is 3.58. The predicted octanol–water partition coefficient (Wildman–Crippen LogP) is 2.38. The normalized spacial score (nSPS) is 18.3. The maximum Gasteiger partial charge on any atom is 0.270 e. The number of sulfonamides is 1. The van der Waals surface area contributed by atoms with Crippen molar-refractivity contribution in [2.75, 3.05) is 18.4 Å². The third-order valence-corrected chi connectivity index (χ3v) is 7.82. The third-order valence-electron chi connectivity index (χ3n) is 5.42. The van der Waals surface area contributed by atoms with Crippen molar-refractivity contribution >= 4 is 21.6 Å². The molecule has 7 nitrogen and oxygen atoms in total. The summed E-state index contributed by atoms with van der Waals surface area (Å²) in [7, 11) is -3.09. The van der Waals surface area contributed by atoms with Crippen LogP contribution in [0.4, 0.5) is 5.69 Å². The summed E-state index contributed by atoms with van der Waals surface area (Å²) in [4.78, 5) is 16.6. The van der Waals surface area contributed by atoms with Gasteiger partial charge >= 0.3 is 0 Å². The van der Waals surface area contributed by atoms with Crippen molar-refractivity contribution in [3.63, 3.8) is 0 Å². The maximum absolute atomic E-state index is 12.4. The Hall–Kier alpha value is -2.45. The van der Waals surface area contributed by atoms with Crippen molar-refractivity contribution in [3.8, 4) is 0 Å². The molecule has 1 aromatic carbocycles. The molecular formula is C21H26N4O3S. The number of hydrogen-bond acceptors (Lipinski definition) is 5. The van der Waals surface area contributed by atoms with Gasteiger partial charge in [-0.25, -0.2) is 12.7 Å². The molecular weight excluding hydrogens is 388 g/mol. The lowest BCUT2D eigenvalue weighted by Gasteiger charge is -2.32. The highest BCUT2D eigenvalue weighted by molar-refractivity contribution is 7.90. The van der Waals surface area contributed by atoms with E-state index in [9.17, 15) is 13.2 Å². The predicted molar refractivity (Wildman–Crippen MR) is 112 cm³/mol. The molecule has 1 aromatic heterocycles. The number of amides is 1. The summed E-state index contributed by atoms with van der Waals surface area (Å²) in [5.74, 6) is -0.220. The Morgan fingerprint density at radius 1 is 1.07 bits per heavy atom. The molecule has 2 aromatic rings. The first kappa shape index (κ1) is 19.8. The van der Waals surface area contributed by atoms with Crippen LogP contribution in [0.3, 0.4) is 0 Å². The van der Waals surface area contributed by atoms with E-state index in [-0.39, 0.29) is 17.2 Å². The zero-order valence-corrected chi connectivity index (χ0v) is 17.1. The molecule has 1 saturated heterocycles. The van der Waals surface area contributed by atoms with E-state index in [0.717, 1.165) is 36.9 Å². The molecule has 1 amide bonds. The van der Waals surface area contributed by atoms with Crippen LogP contribution in [0.5, 0.6) is 0 Å². The van der Waals surface area contributed by atoms with Crippen molar-refractivity contribution < 1.29 is 13.2 Å². The molecule has 2 fully saturated rings. The number of hydrogen-bond donors (Lipinski definition) is 2. The molecule has 0 bridgehead atoms. The van der Waals surface area contributed by atoms with E-state index >= 15 is 0 Å². The van der Waals surface area contributed by atoms with Crippen molar-refractivity contribution in [2.24, 2.45) is 0 Å². The van der Waals surface area contributed by atoms with Crippen molar-refractivity contribution in [1.82, 2.24) is 14.6 Å². The lowest BCUT2D eigenvalue weighted by molar-refractivity contribution is 0.0946. The summed E-state index contributed by atoms with van der Waals surface area (Å²) >= 11 is 0. The number of rotatable bonds is 7. The van der Waals surface area contributed by atoms with E-state index < -0.39 is 10.0 Å². The van der Waals surface area contributed by atoms with E-state index in [1.807, 2.05) is 36.4 Å². The summed E-state index contributed by atoms with van der Waals surface area (Å²) in [5.41, 5.74) is 2.22. The highest BCUT2D eigenvalue weighted by Crippen LogP contribution is 2.32. The summed E-state index contributed by atoms with van der Waals surface area (Å²) in [6, 6.07) is 13.5. The quantitative estimate of drug-likeness (QED) is 0.726. The molecule has 2 heterocycles. The lowest BCUT2D eigenvalue weighted by atomic mass is 10.1. The molecule has 0 spiro atoms. The van der Waals surface area contributed by atoms with E-state index in [0.29, 0.717) is 25.3 Å². The second-order valence-electron chi connectivity index (χ2n) is 7.66. The number of pyridine rings is 1. The second-order valence-corrected chi connectivity index (χ2v) is 9.87. The van der Waals surface area contributed by atoms with Gasteiger partial charge in [0.1, 0.15) is 5.69 Å². The molecule has 1 aliphatic carbocycles. The van der Waals surface area contributed by atoms with Crippen LogP contribution in [0.1, 0.15) is 41.7 Å². The number of benzene rings is 1. The summed E-state index contributed by atoms with van der Waals surface area (Å²) in [6.07, 6.45) is 4.72. The summed E-state index contributed by atoms with van der Waals surface area (Å²) in [5, 5.41) is 6.16. The Balaban J connectivity index is 1.30. The molecule has 29 heavy (non-hydrogen) atoms. The fraction of sp³-hybridized carbons (Fsp3) is 0.429. The monoisotopic (exact) mass is 414 g/mol. The first-order valence-electron chi connectivity index (χ1n) is 10.1. The van der Waals surface area contributed by atoms with Gasteiger partial charge in [0.05, 0.1) is 5.25 Å². The Labute approximate surface area is 171 Å². The van der Waals surface area contributed by atoms with Crippen LogP contribution in [0.25, 0.3) is 0 Å². The zero-order chi connectivity index (χ0) is 20.3. The number of carbonyl (C=O) groups excluding carboxylic acids is 1. The Bertz CT molecular complexity index is 953. The molecule has 4 rings (SSSR count). The zero-order valence-electron chi connectivity index (χ0n) is 16.3. The van der Waals surface area contributed by atoms with Crippen LogP contribution in [-0.4, -0.2) is 48.0 Å². The lowest BCUT2D eigenvalue weighted by Crippen LogP contribution is -2.43. The Morgan fingerprint density at radius 2 is 1.79 bits per heavy atom. The number of anilines is 1. The van der Waals surface area contributed by atoms with Gasteiger partial charge in [-0.05, 0) is 43.4 Å². The number of piperidine rings is 1. The van der Waals surface area contributed by atoms with Crippen molar-refractivity contribution in [2.45, 2.75) is 43.5 Å². The average molecular weight is 415 g/mol. The third kappa shape index (κ3) is 4.94. The highest BCUT2D eigenvalue weighted by atomic mass is 32.2. The number of nitrogens with zero attached hydrogens (tertiary/aromatic N) is 2. The van der Waals surface area contributed by atoms with Gasteiger partial charge in [-0.2, -0.15) is 0 Å². The molecule has 0 atom stereocenters. The molecule has 2 N–H and O–H groups in total. The standard InChI is InChI=1S/C21H26N4O3S/c26-21(23-15-16-4-2-1-3-5-16)20-14-18(8-11-22-20)24-17-9-12-25(13-10-17)29(27,28)19-6-7-19/h1-5,8,11,14,17,19H,6-7,9-10,12-13,15H2,(H,22,24)(H,23,26). The van der Waals surface area contributed by atoms with Crippen LogP contribution < -0.4 is 10.6 Å². The van der Waals surface area contributed by atoms with Gasteiger partial charge in [0, 0.05) is 37.6 Å². The molecule has 0 unspecified atom stereocenters. The minimum atomic E-state index is -3.09. The molecule has 154 valence electrons. The van der Waals surface area contributed by atoms with Crippen LogP contribution in [0.15, 0.2) is 48.7 Å². The van der Waals surface area contributed by atoms with Gasteiger partial charge < -0.3 is 10.6 Å². The van der Waals surface area contributed by atoms with E-state index in [2.05, 4.69) is 15.6 Å². The van der Waals surface area contributed by atoms with Crippen LogP contribution >= 0.6 is 0 Å². The Morgan fingerprint density at radius 3 is 2.48 bits per heavy atom. The van der Waals surface area contributed by atoms with Gasteiger partial charge in [-0.1, -0.05) is 30.3 Å². The summed E-state index contributed by atoms with van der Waals surface area (Å²) < 4.78 is 26.3. The average Bonchev–Trinajstić information content (AvgIpc) is 3.59. The second kappa shape index (κ2) is 8.51. The highest BCUT2D eigenvalue weighted by Gasteiger charge is 2.41. The summed E-state index contributed by atoms with van der Waals surface area (Å²) in [6.45, 7) is 1.55. The first-order valence-corrected chi connectivity index (χ1v) is 11.6. The molecule has 8 heteroatoms. The van der Waals surface area contributed by atoms with E-state index in [4.69, 9.17) is 0 Å². The maximum atomic E-state index is 12.4. The number of aromatic nitrogens is 1. The number of carbonyl (C=O) groups is 1. The molecule has 1 saturated carbocycles. The van der Waals surface area contributed by atoms with E-state index in [1.54, 1.807) is 16.6 Å². The van der Waals surface area contributed by atoms with Crippen molar-refractivity contribution in [3.05, 3.63) is 59.9 Å². The van der Waals surface area contributed by atoms with Crippen molar-refractivity contribution in [1.29, 1.82) is 0 Å². The van der Waals surface area contributed by atoms with Gasteiger partial charge in [0.15, 0.2) is 0 Å². The minimum Gasteiger partial charge on any atom is -0.382 e. The largest absolute Gasteiger partial charge is 0.382 e. The Kier molecular flexibility index (Phi) is 5.82. The van der Waals surface area contributed by atoms with Gasteiger partial charge in [-0.3, -0.25) is 9.78 Å². The van der Waals surface area contributed by atoms with Gasteiger partial charge in [0.2, 0.25) is 10.0 Å². The first-order chi connectivity index (χ1) is 14.0. The smallest absolute Gasteiger partial charge is 0.270 e. The molecule has 0 radical (unpaired) electrons. The van der Waals surface area contributed by atoms with Crippen LogP contribution in [-0.2, 0) is 16.6 Å².